The second-order valence-corrected chi connectivity index (χ2v) is 5.29. The lowest BCUT2D eigenvalue weighted by atomic mass is 10.0. The van der Waals surface area contributed by atoms with Crippen LogP contribution in [-0.4, -0.2) is 25.6 Å². The van der Waals surface area contributed by atoms with Crippen LogP contribution in [0.5, 0.6) is 0 Å². The van der Waals surface area contributed by atoms with E-state index < -0.39 is 0 Å². The first kappa shape index (κ1) is 16.1. The van der Waals surface area contributed by atoms with Crippen LogP contribution in [0.3, 0.4) is 0 Å². The SMILES string of the molecule is CCNC(=NCC(C)c1ccccc1)NCCc1ccco1. The van der Waals surface area contributed by atoms with Crippen LogP contribution in [0, 0.1) is 0 Å². The third kappa shape index (κ3) is 5.28. The molecule has 0 aliphatic heterocycles. The van der Waals surface area contributed by atoms with Gasteiger partial charge in [-0.15, -0.1) is 0 Å². The Hall–Kier alpha value is -2.23. The molecule has 2 rings (SSSR count). The molecule has 22 heavy (non-hydrogen) atoms. The summed E-state index contributed by atoms with van der Waals surface area (Å²) >= 11 is 0. The molecule has 0 bridgehead atoms. The highest BCUT2D eigenvalue weighted by molar-refractivity contribution is 5.79. The van der Waals surface area contributed by atoms with Gasteiger partial charge < -0.3 is 15.1 Å². The summed E-state index contributed by atoms with van der Waals surface area (Å²) in [6.07, 6.45) is 2.56. The Labute approximate surface area is 132 Å². The molecule has 118 valence electrons. The zero-order valence-corrected chi connectivity index (χ0v) is 13.4. The maximum Gasteiger partial charge on any atom is 0.191 e. The van der Waals surface area contributed by atoms with E-state index >= 15 is 0 Å². The van der Waals surface area contributed by atoms with E-state index in [-0.39, 0.29) is 0 Å². The van der Waals surface area contributed by atoms with Gasteiger partial charge in [-0.2, -0.15) is 0 Å². The largest absolute Gasteiger partial charge is 0.469 e. The predicted molar refractivity (Wildman–Crippen MR) is 91.3 cm³/mol. The third-order valence-electron chi connectivity index (χ3n) is 3.48. The van der Waals surface area contributed by atoms with Gasteiger partial charge >= 0.3 is 0 Å². The Kier molecular flexibility index (Phi) is 6.55. The molecule has 1 aromatic carbocycles. The van der Waals surface area contributed by atoms with Gasteiger partial charge in [-0.1, -0.05) is 37.3 Å². The molecule has 0 aliphatic rings. The number of hydrogen-bond acceptors (Lipinski definition) is 2. The second kappa shape index (κ2) is 8.93. The number of benzene rings is 1. The molecular formula is C18H25N3O. The Bertz CT molecular complexity index is 549. The van der Waals surface area contributed by atoms with Gasteiger partial charge in [0.05, 0.1) is 6.26 Å². The molecule has 1 unspecified atom stereocenters. The van der Waals surface area contributed by atoms with Crippen molar-refractivity contribution in [1.82, 2.24) is 10.6 Å². The number of nitrogens with zero attached hydrogens (tertiary/aromatic N) is 1. The fourth-order valence-corrected chi connectivity index (χ4v) is 2.22. The minimum atomic E-state index is 0.404. The van der Waals surface area contributed by atoms with Crippen molar-refractivity contribution >= 4 is 5.96 Å². The number of nitrogens with one attached hydrogen (secondary N) is 2. The van der Waals surface area contributed by atoms with Crippen molar-refractivity contribution in [2.75, 3.05) is 19.6 Å². The number of furan rings is 1. The lowest BCUT2D eigenvalue weighted by Crippen LogP contribution is -2.38. The Balaban J connectivity index is 1.83. The zero-order chi connectivity index (χ0) is 15.6. The van der Waals surface area contributed by atoms with E-state index in [0.29, 0.717) is 5.92 Å². The van der Waals surface area contributed by atoms with Gasteiger partial charge in [0.15, 0.2) is 5.96 Å². The summed E-state index contributed by atoms with van der Waals surface area (Å²) < 4.78 is 5.33. The van der Waals surface area contributed by atoms with Gasteiger partial charge in [0, 0.05) is 32.0 Å². The average Bonchev–Trinajstić information content (AvgIpc) is 3.06. The van der Waals surface area contributed by atoms with Crippen LogP contribution in [0.1, 0.15) is 31.1 Å². The van der Waals surface area contributed by atoms with E-state index in [9.17, 15) is 0 Å². The number of hydrogen-bond donors (Lipinski definition) is 2. The predicted octanol–water partition coefficient (Wildman–Crippen LogP) is 3.18. The molecule has 1 atom stereocenters. The number of aliphatic imine (C=N–C) groups is 1. The Morgan fingerprint density at radius 1 is 1.14 bits per heavy atom. The highest BCUT2D eigenvalue weighted by Gasteiger charge is 2.05. The van der Waals surface area contributed by atoms with E-state index in [4.69, 9.17) is 4.42 Å². The third-order valence-corrected chi connectivity index (χ3v) is 3.48. The Morgan fingerprint density at radius 3 is 2.64 bits per heavy atom. The van der Waals surface area contributed by atoms with Gasteiger partial charge in [-0.25, -0.2) is 0 Å². The summed E-state index contributed by atoms with van der Waals surface area (Å²) in [5.41, 5.74) is 1.32. The maximum atomic E-state index is 5.33. The number of guanidine groups is 1. The first-order valence-electron chi connectivity index (χ1n) is 7.89. The Morgan fingerprint density at radius 2 is 1.95 bits per heavy atom. The van der Waals surface area contributed by atoms with Crippen molar-refractivity contribution in [2.24, 2.45) is 4.99 Å². The van der Waals surface area contributed by atoms with Gasteiger partial charge in [-0.05, 0) is 24.6 Å². The molecule has 0 saturated heterocycles. The van der Waals surface area contributed by atoms with E-state index in [1.165, 1.54) is 5.56 Å². The highest BCUT2D eigenvalue weighted by atomic mass is 16.3. The zero-order valence-electron chi connectivity index (χ0n) is 13.4. The molecule has 0 saturated carbocycles. The molecule has 0 radical (unpaired) electrons. The summed E-state index contributed by atoms with van der Waals surface area (Å²) in [4.78, 5) is 4.67. The van der Waals surface area contributed by atoms with Gasteiger partial charge in [0.25, 0.3) is 0 Å². The molecule has 0 amide bonds. The van der Waals surface area contributed by atoms with Crippen LogP contribution in [-0.2, 0) is 6.42 Å². The summed E-state index contributed by atoms with van der Waals surface area (Å²) in [5.74, 6) is 2.25. The van der Waals surface area contributed by atoms with Gasteiger partial charge in [0.1, 0.15) is 5.76 Å². The average molecular weight is 299 g/mol. The van der Waals surface area contributed by atoms with Crippen molar-refractivity contribution < 1.29 is 4.42 Å². The van der Waals surface area contributed by atoms with E-state index in [1.54, 1.807) is 6.26 Å². The molecule has 2 aromatic rings. The highest BCUT2D eigenvalue weighted by Crippen LogP contribution is 2.14. The molecule has 1 aromatic heterocycles. The first-order chi connectivity index (χ1) is 10.8. The van der Waals surface area contributed by atoms with E-state index in [2.05, 4.69) is 53.7 Å². The van der Waals surface area contributed by atoms with Crippen LogP contribution in [0.15, 0.2) is 58.1 Å². The lowest BCUT2D eigenvalue weighted by molar-refractivity contribution is 0.506. The summed E-state index contributed by atoms with van der Waals surface area (Å²) in [6.45, 7) is 6.70. The minimum Gasteiger partial charge on any atom is -0.469 e. The van der Waals surface area contributed by atoms with Crippen LogP contribution in [0.2, 0.25) is 0 Å². The maximum absolute atomic E-state index is 5.33. The van der Waals surface area contributed by atoms with Crippen LogP contribution >= 0.6 is 0 Å². The van der Waals surface area contributed by atoms with E-state index in [0.717, 1.165) is 37.8 Å². The molecule has 1 heterocycles. The lowest BCUT2D eigenvalue weighted by Gasteiger charge is -2.13. The van der Waals surface area contributed by atoms with E-state index in [1.807, 2.05) is 18.2 Å². The monoisotopic (exact) mass is 299 g/mol. The van der Waals surface area contributed by atoms with Crippen LogP contribution in [0.25, 0.3) is 0 Å². The van der Waals surface area contributed by atoms with Crippen LogP contribution in [0.4, 0.5) is 0 Å². The van der Waals surface area contributed by atoms with Crippen molar-refractivity contribution in [3.8, 4) is 0 Å². The van der Waals surface area contributed by atoms with Crippen molar-refractivity contribution in [3.05, 3.63) is 60.1 Å². The molecule has 0 spiro atoms. The molecular weight excluding hydrogens is 274 g/mol. The van der Waals surface area contributed by atoms with Crippen LogP contribution < -0.4 is 10.6 Å². The summed E-state index contributed by atoms with van der Waals surface area (Å²) in [5, 5.41) is 6.62. The summed E-state index contributed by atoms with van der Waals surface area (Å²) in [7, 11) is 0. The van der Waals surface area contributed by atoms with Crippen molar-refractivity contribution in [2.45, 2.75) is 26.2 Å². The fraction of sp³-hybridized carbons (Fsp3) is 0.389. The standard InChI is InChI=1S/C18H25N3O/c1-3-19-18(20-12-11-17-10-7-13-22-17)21-14-15(2)16-8-5-4-6-9-16/h4-10,13,15H,3,11-12,14H2,1-2H3,(H2,19,20,21). The fourth-order valence-electron chi connectivity index (χ4n) is 2.22. The summed E-state index contributed by atoms with van der Waals surface area (Å²) in [6, 6.07) is 14.4. The smallest absolute Gasteiger partial charge is 0.191 e. The number of rotatable bonds is 7. The molecule has 0 fully saturated rings. The molecule has 0 aliphatic carbocycles. The molecule has 2 N–H and O–H groups in total. The van der Waals surface area contributed by atoms with Crippen molar-refractivity contribution in [1.29, 1.82) is 0 Å². The topological polar surface area (TPSA) is 49.6 Å². The van der Waals surface area contributed by atoms with Gasteiger partial charge in [0.2, 0.25) is 0 Å². The minimum absolute atomic E-state index is 0.404. The van der Waals surface area contributed by atoms with Crippen molar-refractivity contribution in [3.63, 3.8) is 0 Å². The normalized spacial score (nSPS) is 12.9. The first-order valence-corrected chi connectivity index (χ1v) is 7.89. The molecule has 4 heteroatoms. The van der Waals surface area contributed by atoms with Gasteiger partial charge in [-0.3, -0.25) is 4.99 Å². The second-order valence-electron chi connectivity index (χ2n) is 5.29. The molecule has 4 nitrogen and oxygen atoms in total. The quantitative estimate of drug-likeness (QED) is 0.610.